The molecule has 0 heterocycles. The highest BCUT2D eigenvalue weighted by Gasteiger charge is 2.16. The molecular formula is C24H35N3O4. The maximum atomic E-state index is 5.76. The first-order chi connectivity index (χ1) is 14.9. The van der Waals surface area contributed by atoms with Crippen molar-refractivity contribution in [1.29, 1.82) is 0 Å². The van der Waals surface area contributed by atoms with E-state index in [-0.39, 0.29) is 6.04 Å². The van der Waals surface area contributed by atoms with Crippen LogP contribution >= 0.6 is 0 Å². The van der Waals surface area contributed by atoms with Crippen molar-refractivity contribution in [2.75, 3.05) is 35.0 Å². The Hall–Kier alpha value is -3.09. The highest BCUT2D eigenvalue weighted by Crippen LogP contribution is 2.39. The molecule has 0 bridgehead atoms. The molecule has 0 aromatic heterocycles. The highest BCUT2D eigenvalue weighted by molar-refractivity contribution is 5.80. The molecule has 1 unspecified atom stereocenters. The molecule has 7 heteroatoms. The topological polar surface area (TPSA) is 73.3 Å². The third-order valence-electron chi connectivity index (χ3n) is 4.77. The summed E-state index contributed by atoms with van der Waals surface area (Å²) >= 11 is 0. The Balaban J connectivity index is 2.01. The Morgan fingerprint density at radius 3 is 2.13 bits per heavy atom. The Bertz CT molecular complexity index is 851. The average Bonchev–Trinajstić information content (AvgIpc) is 2.79. The number of ether oxygens (including phenoxy) is 4. The molecule has 0 aliphatic heterocycles. The van der Waals surface area contributed by atoms with Crippen LogP contribution in [0.1, 0.15) is 37.9 Å². The van der Waals surface area contributed by atoms with Crippen LogP contribution in [0.5, 0.6) is 23.0 Å². The quantitative estimate of drug-likeness (QED) is 0.436. The van der Waals surface area contributed by atoms with E-state index in [1.165, 1.54) is 0 Å². The zero-order chi connectivity index (χ0) is 22.8. The van der Waals surface area contributed by atoms with Gasteiger partial charge < -0.3 is 29.6 Å². The monoisotopic (exact) mass is 429 g/mol. The second-order valence-electron chi connectivity index (χ2n) is 7.56. The minimum absolute atomic E-state index is 0.0673. The second kappa shape index (κ2) is 11.9. The molecule has 2 rings (SSSR count). The predicted octanol–water partition coefficient (Wildman–Crippen LogP) is 4.17. The van der Waals surface area contributed by atoms with Gasteiger partial charge in [-0.15, -0.1) is 0 Å². The number of benzene rings is 2. The van der Waals surface area contributed by atoms with Crippen LogP contribution in [0.2, 0.25) is 0 Å². The Labute approximate surface area is 185 Å². The van der Waals surface area contributed by atoms with Gasteiger partial charge in [-0.3, -0.25) is 4.99 Å². The van der Waals surface area contributed by atoms with Crippen molar-refractivity contribution in [3.05, 3.63) is 47.5 Å². The molecule has 0 spiro atoms. The maximum absolute atomic E-state index is 5.76. The number of methoxy groups -OCH3 is 3. The molecule has 7 nitrogen and oxygen atoms in total. The van der Waals surface area contributed by atoms with Gasteiger partial charge in [-0.25, -0.2) is 0 Å². The van der Waals surface area contributed by atoms with Crippen LogP contribution in [0, 0.1) is 5.92 Å². The van der Waals surface area contributed by atoms with Crippen LogP contribution in [0.4, 0.5) is 0 Å². The van der Waals surface area contributed by atoms with Crippen molar-refractivity contribution in [3.8, 4) is 23.0 Å². The lowest BCUT2D eigenvalue weighted by Gasteiger charge is -2.20. The lowest BCUT2D eigenvalue weighted by molar-refractivity contribution is 0.271. The summed E-state index contributed by atoms with van der Waals surface area (Å²) in [6, 6.07) is 12.0. The van der Waals surface area contributed by atoms with Gasteiger partial charge in [-0.2, -0.15) is 0 Å². The average molecular weight is 430 g/mol. The smallest absolute Gasteiger partial charge is 0.203 e. The molecule has 0 aliphatic rings. The third-order valence-corrected chi connectivity index (χ3v) is 4.77. The van der Waals surface area contributed by atoms with Crippen molar-refractivity contribution < 1.29 is 18.9 Å². The summed E-state index contributed by atoms with van der Waals surface area (Å²) < 4.78 is 22.1. The molecular weight excluding hydrogens is 394 g/mol. The van der Waals surface area contributed by atoms with E-state index in [4.69, 9.17) is 18.9 Å². The van der Waals surface area contributed by atoms with Crippen molar-refractivity contribution in [2.45, 2.75) is 33.4 Å². The summed E-state index contributed by atoms with van der Waals surface area (Å²) in [6.45, 7) is 7.59. The Kier molecular flexibility index (Phi) is 9.31. The van der Waals surface area contributed by atoms with Crippen molar-refractivity contribution in [1.82, 2.24) is 10.6 Å². The molecule has 0 amide bonds. The summed E-state index contributed by atoms with van der Waals surface area (Å²) in [5.41, 5.74) is 2.07. The molecule has 2 N–H and O–H groups in total. The largest absolute Gasteiger partial charge is 0.493 e. The number of hydrogen-bond donors (Lipinski definition) is 2. The van der Waals surface area contributed by atoms with Crippen molar-refractivity contribution >= 4 is 5.96 Å². The van der Waals surface area contributed by atoms with E-state index in [0.29, 0.717) is 42.3 Å². The van der Waals surface area contributed by atoms with E-state index >= 15 is 0 Å². The fourth-order valence-electron chi connectivity index (χ4n) is 3.08. The van der Waals surface area contributed by atoms with Gasteiger partial charge in [0.05, 0.1) is 34.0 Å². The Morgan fingerprint density at radius 2 is 1.58 bits per heavy atom. The predicted molar refractivity (Wildman–Crippen MR) is 125 cm³/mol. The molecule has 0 aliphatic carbocycles. The summed E-state index contributed by atoms with van der Waals surface area (Å²) in [5, 5.41) is 6.74. The zero-order valence-electron chi connectivity index (χ0n) is 19.6. The molecule has 31 heavy (non-hydrogen) atoms. The number of aliphatic imine (C=N–C) groups is 1. The minimum atomic E-state index is 0.0673. The third kappa shape index (κ3) is 6.70. The number of rotatable bonds is 10. The number of nitrogens with one attached hydrogen (secondary N) is 2. The Morgan fingerprint density at radius 1 is 0.903 bits per heavy atom. The SMILES string of the molecule is CN=C(NCc1ccc(OC)c(OC)c1OC)NC(C)c1ccc(OCC(C)C)cc1. The highest BCUT2D eigenvalue weighted by atomic mass is 16.5. The summed E-state index contributed by atoms with van der Waals surface area (Å²) in [5.74, 6) is 3.89. The number of hydrogen-bond acceptors (Lipinski definition) is 5. The van der Waals surface area contributed by atoms with Gasteiger partial charge in [0, 0.05) is 19.2 Å². The molecule has 2 aromatic rings. The normalized spacial score (nSPS) is 12.3. The van der Waals surface area contributed by atoms with E-state index in [1.54, 1.807) is 28.4 Å². The molecule has 1 atom stereocenters. The fraction of sp³-hybridized carbons (Fsp3) is 0.458. The van der Waals surface area contributed by atoms with Crippen LogP contribution in [0.15, 0.2) is 41.4 Å². The molecule has 2 aromatic carbocycles. The van der Waals surface area contributed by atoms with Gasteiger partial charge in [0.15, 0.2) is 17.5 Å². The van der Waals surface area contributed by atoms with E-state index in [0.717, 1.165) is 16.9 Å². The van der Waals surface area contributed by atoms with E-state index in [1.807, 2.05) is 24.3 Å². The first-order valence-electron chi connectivity index (χ1n) is 10.4. The standard InChI is InChI=1S/C24H35N3O4/c1-16(2)15-31-20-11-8-18(9-12-20)17(3)27-24(25-4)26-14-19-10-13-21(28-5)23(30-7)22(19)29-6/h8-13,16-17H,14-15H2,1-7H3,(H2,25,26,27). The van der Waals surface area contributed by atoms with Crippen LogP contribution < -0.4 is 29.6 Å². The zero-order valence-corrected chi connectivity index (χ0v) is 19.6. The first kappa shape index (κ1) is 24.2. The lowest BCUT2D eigenvalue weighted by Crippen LogP contribution is -2.38. The van der Waals surface area contributed by atoms with Crippen molar-refractivity contribution in [3.63, 3.8) is 0 Å². The van der Waals surface area contributed by atoms with Gasteiger partial charge in [0.2, 0.25) is 5.75 Å². The fourth-order valence-corrected chi connectivity index (χ4v) is 3.08. The summed E-state index contributed by atoms with van der Waals surface area (Å²) in [7, 11) is 6.56. The van der Waals surface area contributed by atoms with Gasteiger partial charge >= 0.3 is 0 Å². The van der Waals surface area contributed by atoms with E-state index < -0.39 is 0 Å². The maximum Gasteiger partial charge on any atom is 0.203 e. The molecule has 0 saturated carbocycles. The van der Waals surface area contributed by atoms with Crippen molar-refractivity contribution in [2.24, 2.45) is 10.9 Å². The van der Waals surface area contributed by atoms with Crippen LogP contribution in [-0.2, 0) is 6.54 Å². The van der Waals surface area contributed by atoms with Gasteiger partial charge in [0.1, 0.15) is 5.75 Å². The van der Waals surface area contributed by atoms with Crippen LogP contribution in [-0.4, -0.2) is 40.9 Å². The minimum Gasteiger partial charge on any atom is -0.493 e. The lowest BCUT2D eigenvalue weighted by atomic mass is 10.1. The molecule has 0 radical (unpaired) electrons. The van der Waals surface area contributed by atoms with Gasteiger partial charge in [-0.1, -0.05) is 26.0 Å². The molecule has 0 fully saturated rings. The van der Waals surface area contributed by atoms with E-state index in [9.17, 15) is 0 Å². The number of guanidine groups is 1. The summed E-state index contributed by atoms with van der Waals surface area (Å²) in [4.78, 5) is 4.34. The van der Waals surface area contributed by atoms with E-state index in [2.05, 4.69) is 48.5 Å². The summed E-state index contributed by atoms with van der Waals surface area (Å²) in [6.07, 6.45) is 0. The molecule has 170 valence electrons. The van der Waals surface area contributed by atoms with Crippen LogP contribution in [0.25, 0.3) is 0 Å². The van der Waals surface area contributed by atoms with Gasteiger partial charge in [-0.05, 0) is 42.7 Å². The molecule has 0 saturated heterocycles. The number of nitrogens with zero attached hydrogens (tertiary/aromatic N) is 1. The van der Waals surface area contributed by atoms with Crippen LogP contribution in [0.3, 0.4) is 0 Å². The second-order valence-corrected chi connectivity index (χ2v) is 7.56. The first-order valence-corrected chi connectivity index (χ1v) is 10.4. The van der Waals surface area contributed by atoms with Gasteiger partial charge in [0.25, 0.3) is 0 Å².